The summed E-state index contributed by atoms with van der Waals surface area (Å²) in [7, 11) is 2.80. The Morgan fingerprint density at radius 3 is 2.68 bits per heavy atom. The van der Waals surface area contributed by atoms with E-state index in [1.807, 2.05) is 0 Å². The second-order valence-corrected chi connectivity index (χ2v) is 14.8. The number of nitrogens with two attached hydrogens (primary N) is 1. The number of nitrogen functional groups attached to an aromatic ring is 1. The smallest absolute Gasteiger partial charge is 0.374 e. The second kappa shape index (κ2) is 12.8. The summed E-state index contributed by atoms with van der Waals surface area (Å²) in [5, 5.41) is 26.8. The number of rotatable bonds is 12. The van der Waals surface area contributed by atoms with Gasteiger partial charge in [-0.15, -0.1) is 0 Å². The second-order valence-electron chi connectivity index (χ2n) is 10.6. The van der Waals surface area contributed by atoms with Gasteiger partial charge < -0.3 is 44.1 Å². The molecular formula is C24H35N8O10PS. The Bertz CT molecular complexity index is 1520. The summed E-state index contributed by atoms with van der Waals surface area (Å²) < 4.78 is 37.3. The highest BCUT2D eigenvalue weighted by Crippen LogP contribution is 2.57. The molecule has 242 valence electrons. The maximum Gasteiger partial charge on any atom is 0.374 e. The Morgan fingerprint density at radius 2 is 2.07 bits per heavy atom. The van der Waals surface area contributed by atoms with Crippen molar-refractivity contribution in [1.82, 2.24) is 34.8 Å². The van der Waals surface area contributed by atoms with Crippen LogP contribution < -0.4 is 20.9 Å². The van der Waals surface area contributed by atoms with Gasteiger partial charge in [-0.3, -0.25) is 14.9 Å². The van der Waals surface area contributed by atoms with Crippen LogP contribution in [-0.4, -0.2) is 108 Å². The van der Waals surface area contributed by atoms with Crippen molar-refractivity contribution in [3.8, 4) is 5.88 Å². The van der Waals surface area contributed by atoms with Gasteiger partial charge in [0.05, 0.1) is 26.1 Å². The number of imidazole rings is 1. The van der Waals surface area contributed by atoms with Crippen LogP contribution in [0, 0.1) is 0 Å². The largest absolute Gasteiger partial charge is 0.484 e. The number of imide groups is 1. The van der Waals surface area contributed by atoms with Crippen molar-refractivity contribution in [2.24, 2.45) is 0 Å². The topological polar surface area (TPSA) is 243 Å². The summed E-state index contributed by atoms with van der Waals surface area (Å²) in [6, 6.07) is -2.69. The zero-order chi connectivity index (χ0) is 32.6. The first-order chi connectivity index (χ1) is 20.6. The summed E-state index contributed by atoms with van der Waals surface area (Å²) in [5.41, 5.74) is 4.53. The van der Waals surface area contributed by atoms with Crippen LogP contribution in [0.2, 0.25) is 0 Å². The van der Waals surface area contributed by atoms with Gasteiger partial charge >= 0.3 is 18.7 Å². The van der Waals surface area contributed by atoms with Crippen molar-refractivity contribution in [3.05, 3.63) is 18.3 Å². The number of nitrogens with zero attached hydrogens (tertiary/aromatic N) is 5. The van der Waals surface area contributed by atoms with Crippen LogP contribution in [-0.2, 0) is 34.7 Å². The quantitative estimate of drug-likeness (QED) is 0.0879. The average molecular weight is 659 g/mol. The van der Waals surface area contributed by atoms with Crippen LogP contribution in [0.25, 0.3) is 11.2 Å². The lowest BCUT2D eigenvalue weighted by Gasteiger charge is -2.25. The Balaban J connectivity index is 1.55. The average Bonchev–Trinajstić information content (AvgIpc) is 3.52. The summed E-state index contributed by atoms with van der Waals surface area (Å²) >= 11 is 0.656. The number of amides is 3. The number of esters is 1. The standard InChI is InChI=1S/C24H35N8O10PS/c1-11(2)41-21(35)12(3)30-43(38,44-9-13-19(34)28-23(36)31(13)5)40-8-14-17(33)24(4,37)15(42-14)7-32-10-26-16-18(32)27-22(25)29-20(16)39-6/h8,10-13,15,17,33,37H,7,9H2,1-6H3,(H,30,38)(H2,25,27,29)(H,28,34,36)/b14-8+/t12-,13?,15?,17-,24+,43?/m1/s1. The molecule has 0 aliphatic carbocycles. The van der Waals surface area contributed by atoms with E-state index in [9.17, 15) is 29.2 Å². The molecule has 6 atom stereocenters. The number of likely N-dealkylation sites (N-methyl/N-ethyl adjacent to an activating group) is 1. The number of hydrogen-bond donors (Lipinski definition) is 5. The number of carbonyl (C=O) groups excluding carboxylic acids is 3. The van der Waals surface area contributed by atoms with Gasteiger partial charge in [-0.05, 0) is 39.1 Å². The molecule has 0 spiro atoms. The number of aliphatic hydroxyl groups is 2. The number of aromatic nitrogens is 4. The van der Waals surface area contributed by atoms with Crippen LogP contribution in [0.1, 0.15) is 27.7 Å². The highest BCUT2D eigenvalue weighted by molar-refractivity contribution is 8.56. The molecule has 2 aliphatic rings. The van der Waals surface area contributed by atoms with Gasteiger partial charge in [0.2, 0.25) is 11.8 Å². The van der Waals surface area contributed by atoms with Crippen LogP contribution in [0.5, 0.6) is 5.88 Å². The molecule has 18 nitrogen and oxygen atoms in total. The van der Waals surface area contributed by atoms with E-state index >= 15 is 0 Å². The van der Waals surface area contributed by atoms with Gasteiger partial charge in [-0.1, -0.05) is 0 Å². The van der Waals surface area contributed by atoms with Crippen molar-refractivity contribution in [3.63, 3.8) is 0 Å². The van der Waals surface area contributed by atoms with Crippen molar-refractivity contribution in [2.75, 3.05) is 25.6 Å². The summed E-state index contributed by atoms with van der Waals surface area (Å²) in [5.74, 6) is -1.65. The number of ether oxygens (including phenoxy) is 3. The summed E-state index contributed by atoms with van der Waals surface area (Å²) in [4.78, 5) is 50.1. The van der Waals surface area contributed by atoms with Gasteiger partial charge in [0.25, 0.3) is 5.91 Å². The van der Waals surface area contributed by atoms with E-state index in [2.05, 4.69) is 25.4 Å². The third-order valence-electron chi connectivity index (χ3n) is 6.85. The SMILES string of the molecule is COc1nc(N)nc2c1ncn2CC1O/C(=C/OP(=O)(N[C@H](C)C(=O)OC(C)C)SCC2C(=O)NC(=O)N2C)[C@@H](O)[C@@]1(C)O. The molecule has 20 heteroatoms. The van der Waals surface area contributed by atoms with E-state index in [1.54, 1.807) is 13.8 Å². The molecule has 2 aromatic rings. The van der Waals surface area contributed by atoms with Crippen LogP contribution in [0.15, 0.2) is 18.3 Å². The van der Waals surface area contributed by atoms with Gasteiger partial charge in [-0.2, -0.15) is 9.97 Å². The summed E-state index contributed by atoms with van der Waals surface area (Å²) in [6.07, 6.45) is -0.851. The molecular weight excluding hydrogens is 623 g/mol. The number of methoxy groups -OCH3 is 1. The molecule has 4 rings (SSSR count). The van der Waals surface area contributed by atoms with E-state index < -0.39 is 60.6 Å². The Labute approximate surface area is 255 Å². The van der Waals surface area contributed by atoms with Gasteiger partial charge in [-0.25, -0.2) is 19.4 Å². The van der Waals surface area contributed by atoms with Crippen LogP contribution >= 0.6 is 18.1 Å². The predicted octanol–water partition coefficient (Wildman–Crippen LogP) is 0.107. The van der Waals surface area contributed by atoms with E-state index in [0.717, 1.165) is 11.2 Å². The molecule has 2 aliphatic heterocycles. The zero-order valence-electron chi connectivity index (χ0n) is 24.8. The van der Waals surface area contributed by atoms with E-state index in [0.29, 0.717) is 22.5 Å². The van der Waals surface area contributed by atoms with Crippen LogP contribution in [0.4, 0.5) is 10.7 Å². The molecule has 4 heterocycles. The first-order valence-electron chi connectivity index (χ1n) is 13.3. The maximum absolute atomic E-state index is 14.0. The van der Waals surface area contributed by atoms with Crippen molar-refractivity contribution in [1.29, 1.82) is 0 Å². The highest BCUT2D eigenvalue weighted by atomic mass is 32.7. The normalized spacial score (nSPS) is 26.5. The fourth-order valence-corrected chi connectivity index (χ4v) is 8.06. The number of anilines is 1. The van der Waals surface area contributed by atoms with Crippen molar-refractivity contribution < 1.29 is 47.9 Å². The molecule has 0 bridgehead atoms. The Hall–Kier alpha value is -3.64. The number of urea groups is 1. The molecule has 2 saturated heterocycles. The lowest BCUT2D eigenvalue weighted by molar-refractivity contribution is -0.149. The molecule has 0 radical (unpaired) electrons. The first kappa shape index (κ1) is 33.3. The highest BCUT2D eigenvalue weighted by Gasteiger charge is 2.51. The van der Waals surface area contributed by atoms with Gasteiger partial charge in [0.15, 0.2) is 16.9 Å². The molecule has 2 aromatic heterocycles. The molecule has 6 N–H and O–H groups in total. The van der Waals surface area contributed by atoms with Crippen molar-refractivity contribution >= 4 is 53.1 Å². The Morgan fingerprint density at radius 1 is 1.36 bits per heavy atom. The maximum atomic E-state index is 14.0. The number of fused-ring (bicyclic) bond motifs is 1. The monoisotopic (exact) mass is 658 g/mol. The van der Waals surface area contributed by atoms with E-state index in [1.165, 1.54) is 38.9 Å². The zero-order valence-corrected chi connectivity index (χ0v) is 26.5. The number of hydrogen-bond acceptors (Lipinski definition) is 15. The third-order valence-corrected chi connectivity index (χ3v) is 10.8. The van der Waals surface area contributed by atoms with E-state index in [4.69, 9.17) is 24.5 Å². The predicted molar refractivity (Wildman–Crippen MR) is 156 cm³/mol. The third kappa shape index (κ3) is 6.86. The van der Waals surface area contributed by atoms with E-state index in [-0.39, 0.29) is 29.9 Å². The molecule has 0 saturated carbocycles. The fourth-order valence-electron chi connectivity index (χ4n) is 4.31. The fraction of sp³-hybridized carbons (Fsp3) is 0.583. The van der Waals surface area contributed by atoms with Crippen LogP contribution in [0.3, 0.4) is 0 Å². The van der Waals surface area contributed by atoms with Crippen molar-refractivity contribution in [2.45, 2.75) is 70.2 Å². The minimum absolute atomic E-state index is 0.0581. The molecule has 44 heavy (non-hydrogen) atoms. The number of carbonyl (C=O) groups is 3. The van der Waals surface area contributed by atoms with Gasteiger partial charge in [0, 0.05) is 12.8 Å². The summed E-state index contributed by atoms with van der Waals surface area (Å²) in [6.45, 7) is 1.89. The number of aliphatic hydroxyl groups excluding tert-OH is 1. The van der Waals surface area contributed by atoms with Gasteiger partial charge in [0.1, 0.15) is 36.2 Å². The minimum Gasteiger partial charge on any atom is -0.484 e. The lowest BCUT2D eigenvalue weighted by Crippen LogP contribution is -2.45. The minimum atomic E-state index is -4.10. The number of nitrogens with one attached hydrogen (secondary N) is 2. The molecule has 3 unspecified atom stereocenters. The lowest BCUT2D eigenvalue weighted by atomic mass is 9.94. The Kier molecular flexibility index (Phi) is 9.65. The molecule has 0 aromatic carbocycles. The molecule has 3 amide bonds. The molecule has 2 fully saturated rings. The first-order valence-corrected chi connectivity index (χ1v) is 16.6.